The lowest BCUT2D eigenvalue weighted by molar-refractivity contribution is -0.118. The zero-order chi connectivity index (χ0) is 37.8. The second-order valence-corrected chi connectivity index (χ2v) is 13.2. The van der Waals surface area contributed by atoms with Crippen molar-refractivity contribution in [1.29, 1.82) is 0 Å². The number of aromatic nitrogens is 4. The summed E-state index contributed by atoms with van der Waals surface area (Å²) in [5, 5.41) is 15.1. The minimum absolute atomic E-state index is 0.0590. The standard InChI is InChI=1S/C42H41N7O5/c1-5-40(50)49-27(2)21-36(34-14-6-8-15-37(34)49)44-29-17-19-31(20-18-29)48-25-30(45-46-48)24-43-42(52)28-11-10-12-32(22-28)54-38-16-9-7-13-33(38)35-26-47(3)41(51)23-39(35)53-4/h6-20,22-23,25-27,36,44H,5,21,24H2,1-4H3,(H,43,52)/t27-,36+/m0/s1. The number of benzene rings is 4. The number of fused-ring (bicyclic) bond motifs is 1. The zero-order valence-corrected chi connectivity index (χ0v) is 30.5. The number of pyridine rings is 1. The third-order valence-electron chi connectivity index (χ3n) is 9.52. The van der Waals surface area contributed by atoms with E-state index in [9.17, 15) is 14.4 Å². The van der Waals surface area contributed by atoms with Crippen LogP contribution in [0.15, 0.2) is 120 Å². The van der Waals surface area contributed by atoms with Crippen molar-refractivity contribution in [2.75, 3.05) is 17.3 Å². The fraction of sp³-hybridized carbons (Fsp3) is 0.214. The summed E-state index contributed by atoms with van der Waals surface area (Å²) in [6.07, 6.45) is 4.75. The maximum absolute atomic E-state index is 13.2. The van der Waals surface area contributed by atoms with Crippen molar-refractivity contribution in [3.8, 4) is 34.1 Å². The van der Waals surface area contributed by atoms with Gasteiger partial charge in [-0.05, 0) is 73.5 Å². The van der Waals surface area contributed by atoms with E-state index in [4.69, 9.17) is 9.47 Å². The van der Waals surface area contributed by atoms with Gasteiger partial charge in [-0.1, -0.05) is 54.6 Å². The van der Waals surface area contributed by atoms with Crippen LogP contribution in [0.3, 0.4) is 0 Å². The van der Waals surface area contributed by atoms with E-state index in [-0.39, 0.29) is 36.0 Å². The number of carbonyl (C=O) groups excluding carboxylic acids is 2. The zero-order valence-electron chi connectivity index (χ0n) is 30.5. The average Bonchev–Trinajstić information content (AvgIpc) is 3.67. The average molecular weight is 724 g/mol. The Hall–Kier alpha value is -6.69. The lowest BCUT2D eigenvalue weighted by Crippen LogP contribution is -2.44. The molecule has 3 heterocycles. The minimum atomic E-state index is -0.292. The van der Waals surface area contributed by atoms with Crippen LogP contribution in [-0.2, 0) is 18.4 Å². The molecular formula is C42H41N7O5. The van der Waals surface area contributed by atoms with Gasteiger partial charge in [-0.25, -0.2) is 4.68 Å². The largest absolute Gasteiger partial charge is 0.496 e. The summed E-state index contributed by atoms with van der Waals surface area (Å²) in [5.41, 5.74) is 6.10. The first-order valence-electron chi connectivity index (χ1n) is 17.8. The summed E-state index contributed by atoms with van der Waals surface area (Å²) in [5.74, 6) is 1.28. The van der Waals surface area contributed by atoms with Crippen LogP contribution in [0, 0.1) is 0 Å². The molecule has 274 valence electrons. The quantitative estimate of drug-likeness (QED) is 0.145. The van der Waals surface area contributed by atoms with Gasteiger partial charge in [0.25, 0.3) is 11.5 Å². The van der Waals surface area contributed by atoms with Gasteiger partial charge in [-0.2, -0.15) is 0 Å². The second kappa shape index (κ2) is 15.5. The fourth-order valence-corrected chi connectivity index (χ4v) is 6.78. The lowest BCUT2D eigenvalue weighted by atomic mass is 9.91. The maximum atomic E-state index is 13.2. The highest BCUT2D eigenvalue weighted by atomic mass is 16.5. The molecule has 0 spiro atoms. The Kier molecular flexibility index (Phi) is 10.2. The van der Waals surface area contributed by atoms with Gasteiger partial charge >= 0.3 is 0 Å². The van der Waals surface area contributed by atoms with E-state index >= 15 is 0 Å². The van der Waals surface area contributed by atoms with Crippen LogP contribution in [0.25, 0.3) is 16.8 Å². The van der Waals surface area contributed by atoms with E-state index in [2.05, 4.69) is 33.9 Å². The predicted molar refractivity (Wildman–Crippen MR) is 207 cm³/mol. The Balaban J connectivity index is 0.984. The Bertz CT molecular complexity index is 2370. The van der Waals surface area contributed by atoms with Crippen LogP contribution in [0.2, 0.25) is 0 Å². The first-order chi connectivity index (χ1) is 26.2. The van der Waals surface area contributed by atoms with Crippen LogP contribution in [0.1, 0.15) is 54.3 Å². The summed E-state index contributed by atoms with van der Waals surface area (Å²) >= 11 is 0. The molecule has 0 saturated carbocycles. The third kappa shape index (κ3) is 7.45. The van der Waals surface area contributed by atoms with E-state index in [1.165, 1.54) is 17.7 Å². The van der Waals surface area contributed by atoms with Gasteiger partial charge in [0.1, 0.15) is 22.9 Å². The Morgan fingerprint density at radius 1 is 0.889 bits per heavy atom. The number of aryl methyl sites for hydroxylation is 1. The normalized spacial score (nSPS) is 14.9. The third-order valence-corrected chi connectivity index (χ3v) is 9.52. The van der Waals surface area contributed by atoms with E-state index < -0.39 is 0 Å². The number of para-hydroxylation sites is 2. The number of hydrogen-bond donors (Lipinski definition) is 2. The summed E-state index contributed by atoms with van der Waals surface area (Å²) in [7, 11) is 3.20. The van der Waals surface area contributed by atoms with Gasteiger partial charge in [0.15, 0.2) is 0 Å². The summed E-state index contributed by atoms with van der Waals surface area (Å²) in [6.45, 7) is 4.17. The molecule has 2 atom stereocenters. The molecule has 2 amide bonds. The Morgan fingerprint density at radius 2 is 1.67 bits per heavy atom. The molecule has 0 fully saturated rings. The van der Waals surface area contributed by atoms with Crippen LogP contribution >= 0.6 is 0 Å². The molecule has 2 N–H and O–H groups in total. The highest BCUT2D eigenvalue weighted by molar-refractivity contribution is 5.95. The highest BCUT2D eigenvalue weighted by Gasteiger charge is 2.32. The summed E-state index contributed by atoms with van der Waals surface area (Å²) < 4.78 is 14.9. The van der Waals surface area contributed by atoms with E-state index in [1.54, 1.807) is 48.4 Å². The first-order valence-corrected chi connectivity index (χ1v) is 17.8. The number of rotatable bonds is 11. The molecule has 6 aromatic rings. The molecule has 0 saturated heterocycles. The van der Waals surface area contributed by atoms with Gasteiger partial charge < -0.3 is 29.6 Å². The van der Waals surface area contributed by atoms with Crippen LogP contribution in [0.5, 0.6) is 17.2 Å². The van der Waals surface area contributed by atoms with Crippen molar-refractivity contribution in [2.24, 2.45) is 7.05 Å². The number of anilines is 2. The van der Waals surface area contributed by atoms with Gasteiger partial charge in [0, 0.05) is 59.8 Å². The topological polar surface area (TPSA) is 133 Å². The van der Waals surface area contributed by atoms with Gasteiger partial charge in [-0.3, -0.25) is 14.4 Å². The van der Waals surface area contributed by atoms with Gasteiger partial charge in [0.2, 0.25) is 5.91 Å². The van der Waals surface area contributed by atoms with Crippen molar-refractivity contribution in [1.82, 2.24) is 24.9 Å². The second-order valence-electron chi connectivity index (χ2n) is 13.2. The first kappa shape index (κ1) is 35.7. The monoisotopic (exact) mass is 723 g/mol. The number of nitrogens with zero attached hydrogens (tertiary/aromatic N) is 5. The van der Waals surface area contributed by atoms with Crippen LogP contribution in [-0.4, -0.2) is 44.5 Å². The van der Waals surface area contributed by atoms with Gasteiger partial charge in [0.05, 0.1) is 31.6 Å². The van der Waals surface area contributed by atoms with Crippen molar-refractivity contribution < 1.29 is 19.1 Å². The Morgan fingerprint density at radius 3 is 2.46 bits per heavy atom. The molecule has 0 aliphatic carbocycles. The molecule has 0 bridgehead atoms. The van der Waals surface area contributed by atoms with Crippen LogP contribution in [0.4, 0.5) is 11.4 Å². The van der Waals surface area contributed by atoms with Crippen molar-refractivity contribution in [2.45, 2.75) is 45.3 Å². The number of carbonyl (C=O) groups is 2. The Labute approximate surface area is 313 Å². The maximum Gasteiger partial charge on any atom is 0.254 e. The van der Waals surface area contributed by atoms with E-state index in [0.717, 1.165) is 34.6 Å². The summed E-state index contributed by atoms with van der Waals surface area (Å²) in [4.78, 5) is 40.0. The number of hydrogen-bond acceptors (Lipinski definition) is 8. The molecule has 7 rings (SSSR count). The smallest absolute Gasteiger partial charge is 0.254 e. The molecule has 4 aromatic carbocycles. The van der Waals surface area contributed by atoms with Gasteiger partial charge in [-0.15, -0.1) is 5.10 Å². The highest BCUT2D eigenvalue weighted by Crippen LogP contribution is 2.40. The van der Waals surface area contributed by atoms with Crippen molar-refractivity contribution >= 4 is 23.2 Å². The number of ether oxygens (including phenoxy) is 2. The number of nitrogens with one attached hydrogen (secondary N) is 2. The van der Waals surface area contributed by atoms with E-state index in [0.29, 0.717) is 40.5 Å². The lowest BCUT2D eigenvalue weighted by Gasteiger charge is -2.40. The molecule has 0 unspecified atom stereocenters. The van der Waals surface area contributed by atoms with E-state index in [1.807, 2.05) is 78.6 Å². The molecule has 12 nitrogen and oxygen atoms in total. The molecule has 0 radical (unpaired) electrons. The number of methoxy groups -OCH3 is 1. The number of amides is 2. The fourth-order valence-electron chi connectivity index (χ4n) is 6.78. The van der Waals surface area contributed by atoms with Crippen LogP contribution < -0.4 is 30.6 Å². The molecule has 54 heavy (non-hydrogen) atoms. The predicted octanol–water partition coefficient (Wildman–Crippen LogP) is 7.05. The molecular weight excluding hydrogens is 683 g/mol. The van der Waals surface area contributed by atoms with Crippen molar-refractivity contribution in [3.63, 3.8) is 0 Å². The minimum Gasteiger partial charge on any atom is -0.496 e. The SMILES string of the molecule is CCC(=O)N1c2ccccc2[C@H](Nc2ccc(-n3cc(CNC(=O)c4cccc(Oc5ccccc5-c5cn(C)c(=O)cc5OC)c4)nn3)cc2)C[C@@H]1C. The van der Waals surface area contributed by atoms with Crippen molar-refractivity contribution in [3.05, 3.63) is 143 Å². The molecule has 12 heteroatoms. The molecule has 2 aromatic heterocycles. The molecule has 1 aliphatic heterocycles. The summed E-state index contributed by atoms with van der Waals surface area (Å²) in [6, 6.07) is 31.9. The molecule has 1 aliphatic rings.